The molecule has 1 aromatic heterocycles. The van der Waals surface area contributed by atoms with Gasteiger partial charge < -0.3 is 15.2 Å². The molecule has 0 radical (unpaired) electrons. The molecule has 90 valence electrons. The zero-order chi connectivity index (χ0) is 11.8. The molecule has 0 bridgehead atoms. The summed E-state index contributed by atoms with van der Waals surface area (Å²) in [6, 6.07) is 3.64. The maximum atomic E-state index is 11.3. The van der Waals surface area contributed by atoms with E-state index in [1.807, 2.05) is 6.07 Å². The summed E-state index contributed by atoms with van der Waals surface area (Å²) in [5.74, 6) is 0. The minimum atomic E-state index is 0.0448. The van der Waals surface area contributed by atoms with Gasteiger partial charge in [0.2, 0.25) is 0 Å². The lowest BCUT2D eigenvalue weighted by Crippen LogP contribution is -2.28. The second-order valence-electron chi connectivity index (χ2n) is 3.91. The van der Waals surface area contributed by atoms with Gasteiger partial charge in [0, 0.05) is 38.9 Å². The Bertz CT molecular complexity index is 360. The van der Waals surface area contributed by atoms with Crippen molar-refractivity contribution in [1.29, 1.82) is 0 Å². The molecule has 1 rings (SSSR count). The standard InChI is InChI=1S/C12H21N3O/c1-3-5-13-6-7-14-10-11-4-8-15(2)12(16)9-11/h4,8-9,13-14H,3,5-7,10H2,1-2H3. The van der Waals surface area contributed by atoms with Crippen molar-refractivity contribution in [2.45, 2.75) is 19.9 Å². The molecular formula is C12H21N3O. The van der Waals surface area contributed by atoms with Crippen molar-refractivity contribution in [3.63, 3.8) is 0 Å². The van der Waals surface area contributed by atoms with Gasteiger partial charge in [0.15, 0.2) is 0 Å². The van der Waals surface area contributed by atoms with E-state index in [4.69, 9.17) is 0 Å². The molecule has 0 spiro atoms. The number of pyridine rings is 1. The molecule has 4 heteroatoms. The van der Waals surface area contributed by atoms with Crippen LogP contribution in [0.3, 0.4) is 0 Å². The molecule has 2 N–H and O–H groups in total. The van der Waals surface area contributed by atoms with E-state index in [0.717, 1.165) is 38.2 Å². The molecule has 1 heterocycles. The number of nitrogens with one attached hydrogen (secondary N) is 2. The highest BCUT2D eigenvalue weighted by atomic mass is 16.1. The molecule has 0 amide bonds. The second-order valence-corrected chi connectivity index (χ2v) is 3.91. The summed E-state index contributed by atoms with van der Waals surface area (Å²) in [6.07, 6.45) is 2.96. The van der Waals surface area contributed by atoms with Gasteiger partial charge in [0.25, 0.3) is 5.56 Å². The van der Waals surface area contributed by atoms with Gasteiger partial charge in [-0.25, -0.2) is 0 Å². The zero-order valence-electron chi connectivity index (χ0n) is 10.1. The van der Waals surface area contributed by atoms with Gasteiger partial charge in [-0.3, -0.25) is 4.79 Å². The smallest absolute Gasteiger partial charge is 0.250 e. The van der Waals surface area contributed by atoms with Crippen molar-refractivity contribution >= 4 is 0 Å². The van der Waals surface area contributed by atoms with Gasteiger partial charge in [0.1, 0.15) is 0 Å². The molecule has 4 nitrogen and oxygen atoms in total. The Balaban J connectivity index is 2.22. The van der Waals surface area contributed by atoms with Crippen LogP contribution in [-0.4, -0.2) is 24.2 Å². The average molecular weight is 223 g/mol. The molecular weight excluding hydrogens is 202 g/mol. The number of aromatic nitrogens is 1. The number of hydrogen-bond donors (Lipinski definition) is 2. The van der Waals surface area contributed by atoms with Gasteiger partial charge in [-0.2, -0.15) is 0 Å². The van der Waals surface area contributed by atoms with E-state index in [1.54, 1.807) is 23.9 Å². The van der Waals surface area contributed by atoms with Crippen LogP contribution in [0.4, 0.5) is 0 Å². The predicted octanol–water partition coefficient (Wildman–Crippen LogP) is 0.474. The Morgan fingerprint density at radius 1 is 1.25 bits per heavy atom. The Labute approximate surface area is 96.7 Å². The van der Waals surface area contributed by atoms with Crippen molar-refractivity contribution in [2.24, 2.45) is 7.05 Å². The average Bonchev–Trinajstić information content (AvgIpc) is 2.28. The minimum Gasteiger partial charge on any atom is -0.319 e. The maximum Gasteiger partial charge on any atom is 0.250 e. The molecule has 0 fully saturated rings. The predicted molar refractivity (Wildman–Crippen MR) is 66.6 cm³/mol. The van der Waals surface area contributed by atoms with E-state index in [1.165, 1.54) is 0 Å². The van der Waals surface area contributed by atoms with Crippen LogP contribution >= 0.6 is 0 Å². The minimum absolute atomic E-state index is 0.0448. The SMILES string of the molecule is CCCNCCNCc1ccn(C)c(=O)c1. The van der Waals surface area contributed by atoms with Crippen molar-refractivity contribution in [2.75, 3.05) is 19.6 Å². The highest BCUT2D eigenvalue weighted by molar-refractivity contribution is 5.10. The van der Waals surface area contributed by atoms with Crippen LogP contribution in [0.2, 0.25) is 0 Å². The van der Waals surface area contributed by atoms with Gasteiger partial charge in [-0.15, -0.1) is 0 Å². The van der Waals surface area contributed by atoms with Crippen molar-refractivity contribution < 1.29 is 0 Å². The molecule has 0 aromatic carbocycles. The Morgan fingerprint density at radius 3 is 2.69 bits per heavy atom. The summed E-state index contributed by atoms with van der Waals surface area (Å²) < 4.78 is 1.58. The van der Waals surface area contributed by atoms with Crippen LogP contribution in [0.5, 0.6) is 0 Å². The number of hydrogen-bond acceptors (Lipinski definition) is 3. The van der Waals surface area contributed by atoms with Crippen LogP contribution < -0.4 is 16.2 Å². The Morgan fingerprint density at radius 2 is 2.00 bits per heavy atom. The summed E-state index contributed by atoms with van der Waals surface area (Å²) in [7, 11) is 1.76. The second kappa shape index (κ2) is 7.19. The van der Waals surface area contributed by atoms with Crippen molar-refractivity contribution in [3.8, 4) is 0 Å². The van der Waals surface area contributed by atoms with Gasteiger partial charge >= 0.3 is 0 Å². The van der Waals surface area contributed by atoms with E-state index in [-0.39, 0.29) is 5.56 Å². The van der Waals surface area contributed by atoms with Crippen LogP contribution in [0.1, 0.15) is 18.9 Å². The van der Waals surface area contributed by atoms with Crippen LogP contribution in [0.25, 0.3) is 0 Å². The van der Waals surface area contributed by atoms with Crippen LogP contribution in [0, 0.1) is 0 Å². The largest absolute Gasteiger partial charge is 0.319 e. The fourth-order valence-electron chi connectivity index (χ4n) is 1.41. The third kappa shape index (κ3) is 4.59. The Kier molecular flexibility index (Phi) is 5.82. The molecule has 0 aliphatic rings. The van der Waals surface area contributed by atoms with E-state index in [9.17, 15) is 4.79 Å². The molecule has 0 saturated heterocycles. The van der Waals surface area contributed by atoms with Crippen molar-refractivity contribution in [3.05, 3.63) is 34.2 Å². The lowest BCUT2D eigenvalue weighted by atomic mass is 10.2. The molecule has 0 saturated carbocycles. The maximum absolute atomic E-state index is 11.3. The van der Waals surface area contributed by atoms with E-state index in [0.29, 0.717) is 0 Å². The highest BCUT2D eigenvalue weighted by Crippen LogP contribution is 1.92. The topological polar surface area (TPSA) is 46.1 Å². The lowest BCUT2D eigenvalue weighted by Gasteiger charge is -2.06. The molecule has 0 atom stereocenters. The summed E-state index contributed by atoms with van der Waals surface area (Å²) in [5, 5.41) is 6.61. The molecule has 0 unspecified atom stereocenters. The van der Waals surface area contributed by atoms with Crippen LogP contribution in [0.15, 0.2) is 23.1 Å². The van der Waals surface area contributed by atoms with Gasteiger partial charge in [0.05, 0.1) is 0 Å². The van der Waals surface area contributed by atoms with E-state index < -0.39 is 0 Å². The number of aryl methyl sites for hydroxylation is 1. The van der Waals surface area contributed by atoms with E-state index >= 15 is 0 Å². The zero-order valence-corrected chi connectivity index (χ0v) is 10.1. The summed E-state index contributed by atoms with van der Waals surface area (Å²) in [4.78, 5) is 11.3. The van der Waals surface area contributed by atoms with Gasteiger partial charge in [-0.1, -0.05) is 6.92 Å². The third-order valence-electron chi connectivity index (χ3n) is 2.40. The molecule has 0 aliphatic carbocycles. The first-order chi connectivity index (χ1) is 7.74. The number of nitrogens with zero attached hydrogens (tertiary/aromatic N) is 1. The quantitative estimate of drug-likeness (QED) is 0.661. The fourth-order valence-corrected chi connectivity index (χ4v) is 1.41. The Hall–Kier alpha value is -1.13. The fraction of sp³-hybridized carbons (Fsp3) is 0.583. The van der Waals surface area contributed by atoms with Crippen LogP contribution in [-0.2, 0) is 13.6 Å². The molecule has 16 heavy (non-hydrogen) atoms. The highest BCUT2D eigenvalue weighted by Gasteiger charge is 1.95. The summed E-state index contributed by atoms with van der Waals surface area (Å²) in [5.41, 5.74) is 1.09. The monoisotopic (exact) mass is 223 g/mol. The first-order valence-electron chi connectivity index (χ1n) is 5.81. The molecule has 1 aromatic rings. The third-order valence-corrected chi connectivity index (χ3v) is 2.40. The van der Waals surface area contributed by atoms with E-state index in [2.05, 4.69) is 17.6 Å². The first-order valence-corrected chi connectivity index (χ1v) is 5.81. The summed E-state index contributed by atoms with van der Waals surface area (Å²) in [6.45, 7) is 5.87. The van der Waals surface area contributed by atoms with Crippen molar-refractivity contribution in [1.82, 2.24) is 15.2 Å². The lowest BCUT2D eigenvalue weighted by molar-refractivity contribution is 0.606. The van der Waals surface area contributed by atoms with Gasteiger partial charge in [-0.05, 0) is 24.6 Å². The number of rotatable bonds is 7. The molecule has 0 aliphatic heterocycles. The first kappa shape index (κ1) is 12.9. The summed E-state index contributed by atoms with van der Waals surface area (Å²) >= 11 is 0. The normalized spacial score (nSPS) is 10.6.